The first-order valence-electron chi connectivity index (χ1n) is 7.69. The second-order valence-corrected chi connectivity index (χ2v) is 6.05. The van der Waals surface area contributed by atoms with E-state index in [9.17, 15) is 0 Å². The van der Waals surface area contributed by atoms with Crippen LogP contribution in [0.3, 0.4) is 0 Å². The third-order valence-electron chi connectivity index (χ3n) is 3.62. The summed E-state index contributed by atoms with van der Waals surface area (Å²) >= 11 is 5.32. The first-order chi connectivity index (χ1) is 11.6. The lowest BCUT2D eigenvalue weighted by atomic mass is 10.1. The Bertz CT molecular complexity index is 839. The van der Waals surface area contributed by atoms with Gasteiger partial charge < -0.3 is 5.32 Å². The largest absolute Gasteiger partial charge is 0.332 e. The lowest BCUT2D eigenvalue weighted by molar-refractivity contribution is 0.687. The quantitative estimate of drug-likeness (QED) is 0.710. The third-order valence-corrected chi connectivity index (χ3v) is 3.82. The van der Waals surface area contributed by atoms with Crippen molar-refractivity contribution in [2.45, 2.75) is 20.4 Å². The van der Waals surface area contributed by atoms with E-state index in [0.717, 1.165) is 11.3 Å². The van der Waals surface area contributed by atoms with Gasteiger partial charge in [0, 0.05) is 5.69 Å². The van der Waals surface area contributed by atoms with E-state index in [1.165, 1.54) is 11.1 Å². The maximum Gasteiger partial charge on any atom is 0.248 e. The molecule has 24 heavy (non-hydrogen) atoms. The molecule has 0 radical (unpaired) electrons. The van der Waals surface area contributed by atoms with Crippen LogP contribution < -0.4 is 10.6 Å². The van der Waals surface area contributed by atoms with Crippen molar-refractivity contribution in [3.8, 4) is 0 Å². The molecule has 5 nitrogen and oxygen atoms in total. The molecule has 3 rings (SSSR count). The number of rotatable bonds is 4. The molecule has 0 saturated heterocycles. The maximum atomic E-state index is 5.32. The van der Waals surface area contributed by atoms with Crippen molar-refractivity contribution in [2.24, 2.45) is 0 Å². The number of benzene rings is 2. The van der Waals surface area contributed by atoms with Gasteiger partial charge in [0.15, 0.2) is 5.11 Å². The Balaban J connectivity index is 1.60. The lowest BCUT2D eigenvalue weighted by Gasteiger charge is -2.10. The minimum Gasteiger partial charge on any atom is -0.332 e. The van der Waals surface area contributed by atoms with Crippen LogP contribution in [0.15, 0.2) is 54.9 Å². The van der Waals surface area contributed by atoms with Crippen molar-refractivity contribution in [3.05, 3.63) is 71.5 Å². The molecule has 0 fully saturated rings. The van der Waals surface area contributed by atoms with Gasteiger partial charge >= 0.3 is 0 Å². The van der Waals surface area contributed by atoms with E-state index in [2.05, 4.69) is 51.9 Å². The molecule has 0 unspecified atom stereocenters. The van der Waals surface area contributed by atoms with Crippen molar-refractivity contribution in [1.29, 1.82) is 0 Å². The van der Waals surface area contributed by atoms with Gasteiger partial charge in [0.05, 0.1) is 6.54 Å². The highest BCUT2D eigenvalue weighted by Crippen LogP contribution is 2.13. The second-order valence-electron chi connectivity index (χ2n) is 5.65. The van der Waals surface area contributed by atoms with Gasteiger partial charge in [-0.05, 0) is 43.3 Å². The Kier molecular flexibility index (Phi) is 4.86. The van der Waals surface area contributed by atoms with Gasteiger partial charge in [-0.15, -0.1) is 5.10 Å². The number of nitrogens with zero attached hydrogens (tertiary/aromatic N) is 3. The van der Waals surface area contributed by atoms with Crippen molar-refractivity contribution in [1.82, 2.24) is 14.8 Å². The number of aryl methyl sites for hydroxylation is 2. The molecule has 1 heterocycles. The first-order valence-corrected chi connectivity index (χ1v) is 8.09. The van der Waals surface area contributed by atoms with Gasteiger partial charge in [-0.1, -0.05) is 48.0 Å². The Morgan fingerprint density at radius 3 is 2.54 bits per heavy atom. The zero-order valence-electron chi connectivity index (χ0n) is 13.7. The fraction of sp³-hybridized carbons (Fsp3) is 0.167. The van der Waals surface area contributed by atoms with Gasteiger partial charge in [-0.3, -0.25) is 5.32 Å². The number of nitrogens with one attached hydrogen (secondary N) is 2. The van der Waals surface area contributed by atoms with Crippen LogP contribution in [0.25, 0.3) is 0 Å². The average Bonchev–Trinajstić information content (AvgIpc) is 2.99. The summed E-state index contributed by atoms with van der Waals surface area (Å²) in [6.07, 6.45) is 1.69. The van der Waals surface area contributed by atoms with E-state index in [1.807, 2.05) is 31.2 Å². The van der Waals surface area contributed by atoms with Crippen molar-refractivity contribution in [3.63, 3.8) is 0 Å². The number of aromatic nitrogens is 3. The Morgan fingerprint density at radius 1 is 1.04 bits per heavy atom. The zero-order valence-corrected chi connectivity index (χ0v) is 14.5. The molecule has 0 spiro atoms. The third kappa shape index (κ3) is 4.17. The first kappa shape index (κ1) is 16.1. The van der Waals surface area contributed by atoms with Crippen LogP contribution >= 0.6 is 12.2 Å². The molecular formula is C18H19N5S. The average molecular weight is 337 g/mol. The summed E-state index contributed by atoms with van der Waals surface area (Å²) in [5, 5.41) is 11.0. The van der Waals surface area contributed by atoms with Crippen molar-refractivity contribution < 1.29 is 0 Å². The predicted molar refractivity (Wildman–Crippen MR) is 101 cm³/mol. The zero-order chi connectivity index (χ0) is 16.9. The fourth-order valence-corrected chi connectivity index (χ4v) is 2.48. The minimum atomic E-state index is 0.470. The molecule has 0 bridgehead atoms. The fourth-order valence-electron chi connectivity index (χ4n) is 2.28. The molecule has 3 aromatic rings. The maximum absolute atomic E-state index is 5.32. The normalized spacial score (nSPS) is 10.4. The molecule has 0 atom stereocenters. The Labute approximate surface area is 146 Å². The second kappa shape index (κ2) is 7.23. The summed E-state index contributed by atoms with van der Waals surface area (Å²) in [4.78, 5) is 4.25. The molecule has 0 amide bonds. The van der Waals surface area contributed by atoms with Crippen LogP contribution in [-0.2, 0) is 6.54 Å². The van der Waals surface area contributed by atoms with E-state index in [-0.39, 0.29) is 0 Å². The molecule has 0 aliphatic carbocycles. The number of anilines is 2. The molecule has 2 aromatic carbocycles. The summed E-state index contributed by atoms with van der Waals surface area (Å²) in [5.74, 6) is 0.480. The van der Waals surface area contributed by atoms with E-state index in [0.29, 0.717) is 17.6 Å². The summed E-state index contributed by atoms with van der Waals surface area (Å²) in [7, 11) is 0. The van der Waals surface area contributed by atoms with Crippen LogP contribution in [0.4, 0.5) is 11.6 Å². The molecule has 2 N–H and O–H groups in total. The van der Waals surface area contributed by atoms with E-state index < -0.39 is 0 Å². The van der Waals surface area contributed by atoms with Crippen LogP contribution in [0.5, 0.6) is 0 Å². The van der Waals surface area contributed by atoms with Crippen LogP contribution in [0.2, 0.25) is 0 Å². The number of para-hydroxylation sites is 1. The molecule has 0 aliphatic rings. The molecule has 6 heteroatoms. The Hall–Kier alpha value is -2.73. The van der Waals surface area contributed by atoms with Gasteiger partial charge in [0.2, 0.25) is 5.95 Å². The van der Waals surface area contributed by atoms with Crippen LogP contribution in [-0.4, -0.2) is 19.9 Å². The van der Waals surface area contributed by atoms with Crippen LogP contribution in [0, 0.1) is 13.8 Å². The lowest BCUT2D eigenvalue weighted by Crippen LogP contribution is -2.20. The summed E-state index contributed by atoms with van der Waals surface area (Å²) in [6, 6.07) is 16.3. The highest BCUT2D eigenvalue weighted by atomic mass is 32.1. The van der Waals surface area contributed by atoms with Crippen molar-refractivity contribution >= 4 is 29.0 Å². The smallest absolute Gasteiger partial charge is 0.248 e. The topological polar surface area (TPSA) is 54.8 Å². The number of hydrogen-bond acceptors (Lipinski definition) is 3. The van der Waals surface area contributed by atoms with Gasteiger partial charge in [-0.25, -0.2) is 9.67 Å². The monoisotopic (exact) mass is 337 g/mol. The number of hydrogen-bond donors (Lipinski definition) is 2. The highest BCUT2D eigenvalue weighted by Gasteiger charge is 2.05. The van der Waals surface area contributed by atoms with E-state index >= 15 is 0 Å². The molecule has 0 aliphatic heterocycles. The van der Waals surface area contributed by atoms with Gasteiger partial charge in [0.1, 0.15) is 6.33 Å². The van der Waals surface area contributed by atoms with E-state index in [4.69, 9.17) is 12.2 Å². The predicted octanol–water partition coefficient (Wildman–Crippen LogP) is 3.75. The minimum absolute atomic E-state index is 0.470. The standard InChI is InChI=1S/C18H19N5S/c1-13-7-9-15(10-8-13)11-23-12-19-17(22-23)21-18(24)20-16-6-4-3-5-14(16)2/h3-10,12H,11H2,1-2H3,(H2,20,21,22,24). The van der Waals surface area contributed by atoms with Crippen LogP contribution in [0.1, 0.15) is 16.7 Å². The van der Waals surface area contributed by atoms with E-state index in [1.54, 1.807) is 11.0 Å². The summed E-state index contributed by atoms with van der Waals surface area (Å²) in [5.41, 5.74) is 4.51. The molecule has 1 aromatic heterocycles. The molecule has 122 valence electrons. The summed E-state index contributed by atoms with van der Waals surface area (Å²) < 4.78 is 1.78. The van der Waals surface area contributed by atoms with Gasteiger partial charge in [-0.2, -0.15) is 0 Å². The SMILES string of the molecule is Cc1ccc(Cn2cnc(NC(=S)Nc3ccccc3C)n2)cc1. The highest BCUT2D eigenvalue weighted by molar-refractivity contribution is 7.80. The number of thiocarbonyl (C=S) groups is 1. The Morgan fingerprint density at radius 2 is 1.79 bits per heavy atom. The molecule has 0 saturated carbocycles. The molecular weight excluding hydrogens is 318 g/mol. The van der Waals surface area contributed by atoms with Crippen molar-refractivity contribution in [2.75, 3.05) is 10.6 Å². The summed E-state index contributed by atoms with van der Waals surface area (Å²) in [6.45, 7) is 4.77. The van der Waals surface area contributed by atoms with Gasteiger partial charge in [0.25, 0.3) is 0 Å².